The van der Waals surface area contributed by atoms with Crippen LogP contribution in [0.2, 0.25) is 0 Å². The average molecular weight is 565 g/mol. The fourth-order valence-electron chi connectivity index (χ4n) is 4.73. The highest BCUT2D eigenvalue weighted by atomic mass is 32.2. The molecule has 0 unspecified atom stereocenters. The standard InChI is InChI=1S/C26H31N11O2S/c1-17-13-36(40(38,39)24-15-35(4)16-30-24)8-7-22(17)33-26-29-10-19(9-27)25(34-26)20-11-31-37(14-20)23-6-5-21(12-28-3)32-18(23)2/h5-6,10-11,14-17,22,28H,7-8,12-13H2,1-4H3,(H,29,33,34)/t17-,22+/m1/s1/i3D3. The number of rotatable bonds is 8. The largest absolute Gasteiger partial charge is 0.351 e. The lowest BCUT2D eigenvalue weighted by Crippen LogP contribution is -2.47. The molecule has 13 nitrogen and oxygen atoms in total. The lowest BCUT2D eigenvalue weighted by Gasteiger charge is -2.36. The third-order valence-corrected chi connectivity index (χ3v) is 8.62. The van der Waals surface area contributed by atoms with Gasteiger partial charge in [0.25, 0.3) is 10.0 Å². The minimum atomic E-state index is -3.69. The highest BCUT2D eigenvalue weighted by Gasteiger charge is 2.35. The fourth-order valence-corrected chi connectivity index (χ4v) is 6.25. The molecule has 0 aliphatic carbocycles. The van der Waals surface area contributed by atoms with Crippen LogP contribution in [0, 0.1) is 24.2 Å². The van der Waals surface area contributed by atoms with E-state index in [1.807, 2.05) is 6.92 Å². The van der Waals surface area contributed by atoms with Gasteiger partial charge in [0.2, 0.25) is 5.95 Å². The van der Waals surface area contributed by atoms with Crippen LogP contribution in [-0.2, 0) is 23.6 Å². The summed E-state index contributed by atoms with van der Waals surface area (Å²) in [6, 6.07) is 5.57. The summed E-state index contributed by atoms with van der Waals surface area (Å²) in [4.78, 5) is 17.5. The molecule has 14 heteroatoms. The Labute approximate surface area is 237 Å². The third kappa shape index (κ3) is 5.44. The summed E-state index contributed by atoms with van der Waals surface area (Å²) < 4.78 is 52.6. The molecule has 1 aliphatic heterocycles. The topological polar surface area (TPSA) is 160 Å². The normalized spacial score (nSPS) is 19.4. The molecule has 1 fully saturated rings. The van der Waals surface area contributed by atoms with Crippen LogP contribution in [-0.4, -0.2) is 73.1 Å². The Balaban J connectivity index is 1.31. The van der Waals surface area contributed by atoms with Crippen LogP contribution < -0.4 is 10.6 Å². The smallest absolute Gasteiger partial charge is 0.262 e. The van der Waals surface area contributed by atoms with Gasteiger partial charge in [0.15, 0.2) is 5.03 Å². The number of anilines is 1. The second-order valence-electron chi connectivity index (χ2n) is 9.76. The van der Waals surface area contributed by atoms with Crippen LogP contribution in [0.4, 0.5) is 5.95 Å². The summed E-state index contributed by atoms with van der Waals surface area (Å²) in [6.07, 6.45) is 8.28. The summed E-state index contributed by atoms with van der Waals surface area (Å²) >= 11 is 0. The van der Waals surface area contributed by atoms with E-state index in [0.717, 1.165) is 0 Å². The van der Waals surface area contributed by atoms with E-state index >= 15 is 0 Å². The first-order valence-electron chi connectivity index (χ1n) is 14.1. The number of sulfonamides is 1. The first-order chi connectivity index (χ1) is 20.3. The zero-order valence-electron chi connectivity index (χ0n) is 25.3. The number of piperidine rings is 1. The van der Waals surface area contributed by atoms with Crippen molar-refractivity contribution >= 4 is 16.0 Å². The number of nitrogens with zero attached hydrogens (tertiary/aromatic N) is 9. The van der Waals surface area contributed by atoms with E-state index in [-0.39, 0.29) is 29.1 Å². The maximum Gasteiger partial charge on any atom is 0.262 e. The van der Waals surface area contributed by atoms with E-state index in [9.17, 15) is 13.7 Å². The van der Waals surface area contributed by atoms with Gasteiger partial charge in [-0.2, -0.15) is 14.7 Å². The number of aromatic nitrogens is 7. The second-order valence-corrected chi connectivity index (χ2v) is 11.6. The van der Waals surface area contributed by atoms with Crippen molar-refractivity contribution in [2.45, 2.75) is 37.9 Å². The molecule has 0 bridgehead atoms. The molecule has 5 heterocycles. The molecular formula is C26H31N11O2S. The summed E-state index contributed by atoms with van der Waals surface area (Å²) in [7, 11) is -1.97. The van der Waals surface area contributed by atoms with E-state index in [1.165, 1.54) is 23.0 Å². The van der Waals surface area contributed by atoms with Crippen LogP contribution in [0.25, 0.3) is 16.9 Å². The number of nitriles is 1. The monoisotopic (exact) mass is 564 g/mol. The molecule has 1 aliphatic rings. The van der Waals surface area contributed by atoms with Crippen molar-refractivity contribution < 1.29 is 12.5 Å². The van der Waals surface area contributed by atoms with Crippen LogP contribution in [0.15, 0.2) is 48.3 Å². The number of aryl methyl sites for hydroxylation is 2. The predicted octanol–water partition coefficient (Wildman–Crippen LogP) is 1.87. The van der Waals surface area contributed by atoms with E-state index in [1.54, 1.807) is 47.7 Å². The minimum Gasteiger partial charge on any atom is -0.351 e. The molecule has 0 aromatic carbocycles. The van der Waals surface area contributed by atoms with Crippen LogP contribution in [0.3, 0.4) is 0 Å². The first kappa shape index (κ1) is 23.7. The molecule has 0 saturated carbocycles. The van der Waals surface area contributed by atoms with Crippen molar-refractivity contribution in [3.8, 4) is 23.0 Å². The Hall–Kier alpha value is -4.19. The molecule has 40 heavy (non-hydrogen) atoms. The minimum absolute atomic E-state index is 0.0293. The highest BCUT2D eigenvalue weighted by Crippen LogP contribution is 2.27. The zero-order chi connectivity index (χ0) is 30.9. The van der Waals surface area contributed by atoms with Gasteiger partial charge in [0.05, 0.1) is 47.1 Å². The van der Waals surface area contributed by atoms with Gasteiger partial charge in [-0.3, -0.25) is 4.98 Å². The van der Waals surface area contributed by atoms with Crippen molar-refractivity contribution in [2.75, 3.05) is 25.4 Å². The van der Waals surface area contributed by atoms with E-state index < -0.39 is 17.0 Å². The van der Waals surface area contributed by atoms with Crippen molar-refractivity contribution in [1.82, 2.24) is 43.9 Å². The molecular weight excluding hydrogens is 530 g/mol. The summed E-state index contributed by atoms with van der Waals surface area (Å²) in [5.74, 6) is 0.273. The fraction of sp³-hybridized carbons (Fsp3) is 0.385. The molecule has 2 atom stereocenters. The van der Waals surface area contributed by atoms with Crippen LogP contribution in [0.1, 0.15) is 34.4 Å². The Kier molecular flexibility index (Phi) is 6.58. The molecule has 0 amide bonds. The Bertz CT molecular complexity index is 1780. The van der Waals surface area contributed by atoms with Gasteiger partial charge >= 0.3 is 0 Å². The van der Waals surface area contributed by atoms with Gasteiger partial charge in [-0.15, -0.1) is 0 Å². The summed E-state index contributed by atoms with van der Waals surface area (Å²) in [5.41, 5.74) is 3.19. The first-order valence-corrected chi connectivity index (χ1v) is 14.1. The molecule has 0 radical (unpaired) electrons. The maximum atomic E-state index is 13.0. The van der Waals surface area contributed by atoms with Gasteiger partial charge in [0.1, 0.15) is 6.07 Å². The number of hydrogen-bond acceptors (Lipinski definition) is 10. The SMILES string of the molecule is [2H]C([2H])([2H])NCc1ccc(-n2cc(-c3nc(N[C@H]4CCN(S(=O)(=O)c5cn(C)cn5)C[C@H]4C)ncc3C#N)cn2)c(C)n1. The van der Waals surface area contributed by atoms with Crippen molar-refractivity contribution in [1.29, 1.82) is 5.26 Å². The number of hydrogen-bond donors (Lipinski definition) is 2. The lowest BCUT2D eigenvalue weighted by molar-refractivity contribution is 0.260. The van der Waals surface area contributed by atoms with Gasteiger partial charge < -0.3 is 15.2 Å². The number of imidazole rings is 1. The van der Waals surface area contributed by atoms with Gasteiger partial charge in [-0.25, -0.2) is 28.1 Å². The Morgan fingerprint density at radius 1 is 1.23 bits per heavy atom. The summed E-state index contributed by atoms with van der Waals surface area (Å²) in [5, 5.41) is 20.0. The Morgan fingerprint density at radius 3 is 2.77 bits per heavy atom. The second kappa shape index (κ2) is 11.1. The molecule has 4 aromatic rings. The molecule has 208 valence electrons. The van der Waals surface area contributed by atoms with Gasteiger partial charge in [-0.05, 0) is 38.4 Å². The van der Waals surface area contributed by atoms with Crippen molar-refractivity contribution in [2.24, 2.45) is 13.0 Å². The Morgan fingerprint density at radius 2 is 2.08 bits per heavy atom. The van der Waals surface area contributed by atoms with Crippen molar-refractivity contribution in [3.63, 3.8) is 0 Å². The molecule has 4 aromatic heterocycles. The van der Waals surface area contributed by atoms with Crippen LogP contribution >= 0.6 is 0 Å². The maximum absolute atomic E-state index is 13.0. The summed E-state index contributed by atoms with van der Waals surface area (Å²) in [6.45, 7) is 2.23. The third-order valence-electron chi connectivity index (χ3n) is 6.87. The molecule has 0 spiro atoms. The van der Waals surface area contributed by atoms with E-state index in [4.69, 9.17) is 4.11 Å². The highest BCUT2D eigenvalue weighted by molar-refractivity contribution is 7.89. The predicted molar refractivity (Wildman–Crippen MR) is 148 cm³/mol. The zero-order valence-corrected chi connectivity index (χ0v) is 23.1. The van der Waals surface area contributed by atoms with E-state index in [0.29, 0.717) is 53.8 Å². The lowest BCUT2D eigenvalue weighted by atomic mass is 9.95. The van der Waals surface area contributed by atoms with Crippen molar-refractivity contribution in [3.05, 3.63) is 60.2 Å². The number of nitrogens with one attached hydrogen (secondary N) is 2. The van der Waals surface area contributed by atoms with E-state index in [2.05, 4.69) is 41.7 Å². The number of pyridine rings is 1. The van der Waals surface area contributed by atoms with Gasteiger partial charge in [0, 0.05) is 54.8 Å². The molecule has 1 saturated heterocycles. The van der Waals surface area contributed by atoms with Gasteiger partial charge in [-0.1, -0.05) is 6.92 Å². The van der Waals surface area contributed by atoms with Crippen LogP contribution in [0.5, 0.6) is 0 Å². The molecule has 2 N–H and O–H groups in total. The average Bonchev–Trinajstić information content (AvgIpc) is 3.62. The molecule has 5 rings (SSSR count). The quantitative estimate of drug-likeness (QED) is 0.323.